The van der Waals surface area contributed by atoms with Crippen molar-refractivity contribution in [3.8, 4) is 56.4 Å². The number of fused-ring (bicyclic) bond motifs is 12. The number of aromatic nitrogens is 4. The second kappa shape index (κ2) is 16.3. The molecule has 2 unspecified atom stereocenters. The van der Waals surface area contributed by atoms with Crippen LogP contribution in [0.25, 0.3) is 100 Å². The van der Waals surface area contributed by atoms with Crippen molar-refractivity contribution >= 4 is 43.6 Å². The average Bonchev–Trinajstić information content (AvgIpc) is 4.26. The second-order valence-corrected chi connectivity index (χ2v) is 20.3. The van der Waals surface area contributed by atoms with Crippen LogP contribution in [-0.2, 0) is 10.8 Å². The van der Waals surface area contributed by atoms with Gasteiger partial charge in [-0.2, -0.15) is 0 Å². The summed E-state index contributed by atoms with van der Waals surface area (Å²) < 4.78 is 4.86. The summed E-state index contributed by atoms with van der Waals surface area (Å²) in [6.45, 7) is 0. The number of para-hydroxylation sites is 4. The van der Waals surface area contributed by atoms with E-state index >= 15 is 0 Å². The number of hydrogen-bond donors (Lipinski definition) is 0. The molecule has 0 aliphatic heterocycles. The Labute approximate surface area is 440 Å². The molecule has 76 heavy (non-hydrogen) atoms. The Morgan fingerprint density at radius 1 is 0.276 bits per heavy atom. The molecule has 14 aromatic rings. The van der Waals surface area contributed by atoms with Crippen LogP contribution in [0.4, 0.5) is 0 Å². The Balaban J connectivity index is 1.14. The highest BCUT2D eigenvalue weighted by molar-refractivity contribution is 6.12. The van der Waals surface area contributed by atoms with Crippen LogP contribution in [0.1, 0.15) is 33.4 Å². The minimum absolute atomic E-state index is 0.899. The lowest BCUT2D eigenvalue weighted by atomic mass is 9.49. The molecule has 2 aliphatic rings. The summed E-state index contributed by atoms with van der Waals surface area (Å²) in [4.78, 5) is 10.9. The molecule has 16 rings (SSSR count). The maximum Gasteiger partial charge on any atom is 0.145 e. The van der Waals surface area contributed by atoms with E-state index in [9.17, 15) is 0 Å². The van der Waals surface area contributed by atoms with Crippen molar-refractivity contribution in [3.63, 3.8) is 0 Å². The highest BCUT2D eigenvalue weighted by Crippen LogP contribution is 2.71. The van der Waals surface area contributed by atoms with E-state index < -0.39 is 10.8 Å². The number of hydrogen-bond acceptors (Lipinski definition) is 2. The SMILES string of the molecule is c1ccc(-c2nc3ccccc3n2-c2cc3c(c4ccccc24)-c2ccccc2C3(c2ccccc2)C2(c3ccccc3)c3ccccc3-c3c2cc(-n2c(-c4ccccc4)nc4ccccc42)c2ccccc32)cc1. The van der Waals surface area contributed by atoms with E-state index in [0.29, 0.717) is 0 Å². The molecule has 0 saturated heterocycles. The Kier molecular flexibility index (Phi) is 9.13. The van der Waals surface area contributed by atoms with Gasteiger partial charge in [0, 0.05) is 21.9 Å². The lowest BCUT2D eigenvalue weighted by Crippen LogP contribution is -2.50. The fourth-order valence-electron chi connectivity index (χ4n) is 13.9. The van der Waals surface area contributed by atoms with E-state index in [0.717, 1.165) is 67.0 Å². The van der Waals surface area contributed by atoms with Crippen LogP contribution in [0.5, 0.6) is 0 Å². The molecule has 2 atom stereocenters. The Bertz CT molecular complexity index is 4330. The van der Waals surface area contributed by atoms with Gasteiger partial charge in [0.1, 0.15) is 11.6 Å². The van der Waals surface area contributed by atoms with E-state index in [1.807, 2.05) is 0 Å². The smallest absolute Gasteiger partial charge is 0.145 e. The molecular weight excluding hydrogens is 921 g/mol. The zero-order chi connectivity index (χ0) is 50.0. The van der Waals surface area contributed by atoms with Crippen LogP contribution >= 0.6 is 0 Å². The Hall–Kier alpha value is -9.90. The maximum atomic E-state index is 5.46. The molecule has 0 fully saturated rings. The number of imidazole rings is 2. The summed E-state index contributed by atoms with van der Waals surface area (Å²) in [6.07, 6.45) is 0. The summed E-state index contributed by atoms with van der Waals surface area (Å²) in [5.74, 6) is 1.81. The molecule has 0 bridgehead atoms. The van der Waals surface area contributed by atoms with Crippen molar-refractivity contribution in [1.29, 1.82) is 0 Å². The van der Waals surface area contributed by atoms with Crippen molar-refractivity contribution < 1.29 is 0 Å². The minimum atomic E-state index is -0.899. The second-order valence-electron chi connectivity index (χ2n) is 20.3. The minimum Gasteiger partial charge on any atom is -0.292 e. The topological polar surface area (TPSA) is 35.6 Å². The number of nitrogens with zero attached hydrogens (tertiary/aromatic N) is 4. The fraction of sp³-hybridized carbons (Fsp3) is 0.0278. The van der Waals surface area contributed by atoms with E-state index in [2.05, 4.69) is 288 Å². The molecule has 354 valence electrons. The molecular formula is C72H46N4. The first kappa shape index (κ1) is 42.6. The van der Waals surface area contributed by atoms with Gasteiger partial charge in [-0.25, -0.2) is 9.97 Å². The Morgan fingerprint density at radius 3 is 1.03 bits per heavy atom. The van der Waals surface area contributed by atoms with E-state index in [1.54, 1.807) is 0 Å². The molecule has 2 aliphatic carbocycles. The van der Waals surface area contributed by atoms with Crippen molar-refractivity contribution in [1.82, 2.24) is 19.1 Å². The number of rotatable bonds is 7. The Morgan fingerprint density at radius 2 is 0.605 bits per heavy atom. The van der Waals surface area contributed by atoms with Gasteiger partial charge in [-0.1, -0.05) is 243 Å². The van der Waals surface area contributed by atoms with Gasteiger partial charge in [-0.15, -0.1) is 0 Å². The predicted molar refractivity (Wildman–Crippen MR) is 312 cm³/mol. The quantitative estimate of drug-likeness (QED) is 0.160. The first-order valence-electron chi connectivity index (χ1n) is 26.2. The first-order valence-corrected chi connectivity index (χ1v) is 26.2. The van der Waals surface area contributed by atoms with Crippen molar-refractivity contribution in [3.05, 3.63) is 312 Å². The molecule has 0 saturated carbocycles. The molecule has 0 radical (unpaired) electrons. The van der Waals surface area contributed by atoms with Crippen molar-refractivity contribution in [2.45, 2.75) is 10.8 Å². The maximum absolute atomic E-state index is 5.46. The largest absolute Gasteiger partial charge is 0.292 e. The summed E-state index contributed by atoms with van der Waals surface area (Å²) in [5, 5.41) is 4.72. The molecule has 0 spiro atoms. The summed E-state index contributed by atoms with van der Waals surface area (Å²) in [5.41, 5.74) is 18.9. The molecule has 0 amide bonds. The molecule has 4 heteroatoms. The zero-order valence-corrected chi connectivity index (χ0v) is 41.3. The first-order chi connectivity index (χ1) is 37.7. The zero-order valence-electron chi connectivity index (χ0n) is 41.3. The average molecular weight is 967 g/mol. The van der Waals surface area contributed by atoms with Gasteiger partial charge in [0.15, 0.2) is 0 Å². The highest BCUT2D eigenvalue weighted by atomic mass is 15.1. The van der Waals surface area contributed by atoms with Crippen molar-refractivity contribution in [2.75, 3.05) is 0 Å². The van der Waals surface area contributed by atoms with Crippen LogP contribution in [0.3, 0.4) is 0 Å². The third-order valence-electron chi connectivity index (χ3n) is 16.7. The van der Waals surface area contributed by atoms with Crippen LogP contribution in [0.15, 0.2) is 279 Å². The molecule has 0 N–H and O–H groups in total. The van der Waals surface area contributed by atoms with Gasteiger partial charge >= 0.3 is 0 Å². The number of benzene rings is 12. The monoisotopic (exact) mass is 966 g/mol. The van der Waals surface area contributed by atoms with E-state index in [1.165, 1.54) is 66.4 Å². The molecule has 2 heterocycles. The predicted octanol–water partition coefficient (Wildman–Crippen LogP) is 17.3. The lowest BCUT2D eigenvalue weighted by molar-refractivity contribution is 0.437. The standard InChI is InChI=1S/C72H46N4/c1-5-25-47(26-6-1)69-73-61-41-21-23-43-63(61)75(69)65-45-59-67(53-35-15-13-33-51(53)65)55-37-17-19-39-57(55)71(59,49-29-9-3-10-30-49)72(50-31-11-4-12-32-50)58-40-20-18-38-56(58)68-54-36-16-14-34-52(54)66(46-60(68)72)76-64-44-24-22-42-62(64)74-70(76)48-27-7-2-8-28-48/h1-46H. The fourth-order valence-corrected chi connectivity index (χ4v) is 13.9. The van der Waals surface area contributed by atoms with E-state index in [4.69, 9.17) is 9.97 Å². The van der Waals surface area contributed by atoms with Gasteiger partial charge in [-0.05, 0) is 103 Å². The van der Waals surface area contributed by atoms with Crippen LogP contribution < -0.4 is 0 Å². The normalized spacial score (nSPS) is 16.3. The molecule has 12 aromatic carbocycles. The summed E-state index contributed by atoms with van der Waals surface area (Å²) in [7, 11) is 0. The van der Waals surface area contributed by atoms with Gasteiger partial charge in [0.25, 0.3) is 0 Å². The summed E-state index contributed by atoms with van der Waals surface area (Å²) >= 11 is 0. The van der Waals surface area contributed by atoms with Gasteiger partial charge in [-0.3, -0.25) is 9.13 Å². The third-order valence-corrected chi connectivity index (χ3v) is 16.7. The van der Waals surface area contributed by atoms with Crippen LogP contribution in [0, 0.1) is 0 Å². The summed E-state index contributed by atoms with van der Waals surface area (Å²) in [6, 6.07) is 103. The van der Waals surface area contributed by atoms with Gasteiger partial charge in [0.05, 0.1) is 44.3 Å². The lowest BCUT2D eigenvalue weighted by Gasteiger charge is -2.51. The van der Waals surface area contributed by atoms with Gasteiger partial charge < -0.3 is 0 Å². The van der Waals surface area contributed by atoms with E-state index in [-0.39, 0.29) is 0 Å². The third kappa shape index (κ3) is 5.62. The molecule has 2 aromatic heterocycles. The van der Waals surface area contributed by atoms with Crippen LogP contribution in [-0.4, -0.2) is 19.1 Å². The van der Waals surface area contributed by atoms with Gasteiger partial charge in [0.2, 0.25) is 0 Å². The van der Waals surface area contributed by atoms with Crippen LogP contribution in [0.2, 0.25) is 0 Å². The highest BCUT2D eigenvalue weighted by Gasteiger charge is 2.65. The molecule has 4 nitrogen and oxygen atoms in total. The van der Waals surface area contributed by atoms with Crippen molar-refractivity contribution in [2.24, 2.45) is 0 Å².